The van der Waals surface area contributed by atoms with Gasteiger partial charge in [0.15, 0.2) is 0 Å². The number of fused-ring (bicyclic) bond motifs is 1. The number of amides is 1. The van der Waals surface area contributed by atoms with Crippen LogP contribution in [0, 0.1) is 5.92 Å². The summed E-state index contributed by atoms with van der Waals surface area (Å²) in [6, 6.07) is 7.72. The van der Waals surface area contributed by atoms with Crippen LogP contribution in [0.5, 0.6) is 5.75 Å². The van der Waals surface area contributed by atoms with Crippen LogP contribution in [0.1, 0.15) is 31.0 Å². The van der Waals surface area contributed by atoms with E-state index in [2.05, 4.69) is 25.3 Å². The number of para-hydroxylation sites is 1. The first-order valence-electron chi connectivity index (χ1n) is 9.95. The third kappa shape index (κ3) is 3.87. The standard InChI is InChI=1S/C21H25N5O3/c1-3-16-18-19(23-13-24-21(18)29-25-16)26-10-6-8-15(12-26)20(27)22-11-14-7-4-5-9-17(14)28-2/h4-5,7,9,13,15H,3,6,8,10-12H2,1-2H3,(H,22,27)/t15-/m1/s1. The molecule has 1 N–H and O–H groups in total. The molecule has 3 heterocycles. The topological polar surface area (TPSA) is 93.4 Å². The number of ether oxygens (including phenoxy) is 1. The molecule has 152 valence electrons. The van der Waals surface area contributed by atoms with Gasteiger partial charge in [-0.25, -0.2) is 4.98 Å². The molecule has 0 bridgehead atoms. The van der Waals surface area contributed by atoms with Crippen molar-refractivity contribution < 1.29 is 14.1 Å². The van der Waals surface area contributed by atoms with E-state index in [1.807, 2.05) is 31.2 Å². The number of anilines is 1. The molecule has 0 spiro atoms. The van der Waals surface area contributed by atoms with E-state index in [9.17, 15) is 4.79 Å². The van der Waals surface area contributed by atoms with Gasteiger partial charge in [0.1, 0.15) is 23.3 Å². The summed E-state index contributed by atoms with van der Waals surface area (Å²) in [5.41, 5.74) is 2.30. The Morgan fingerprint density at radius 1 is 1.34 bits per heavy atom. The Hall–Kier alpha value is -3.16. The Kier molecular flexibility index (Phi) is 5.59. The van der Waals surface area contributed by atoms with Crippen LogP contribution in [-0.4, -0.2) is 41.2 Å². The van der Waals surface area contributed by atoms with E-state index in [1.54, 1.807) is 7.11 Å². The van der Waals surface area contributed by atoms with Gasteiger partial charge in [-0.1, -0.05) is 30.3 Å². The zero-order chi connectivity index (χ0) is 20.2. The second-order valence-corrected chi connectivity index (χ2v) is 7.18. The summed E-state index contributed by atoms with van der Waals surface area (Å²) in [5, 5.41) is 8.02. The van der Waals surface area contributed by atoms with Crippen LogP contribution in [0.3, 0.4) is 0 Å². The fraction of sp³-hybridized carbons (Fsp3) is 0.429. The molecule has 1 fully saturated rings. The molecule has 0 unspecified atom stereocenters. The van der Waals surface area contributed by atoms with Gasteiger partial charge >= 0.3 is 0 Å². The number of hydrogen-bond donors (Lipinski definition) is 1. The van der Waals surface area contributed by atoms with Crippen molar-refractivity contribution in [3.63, 3.8) is 0 Å². The van der Waals surface area contributed by atoms with E-state index in [4.69, 9.17) is 9.26 Å². The van der Waals surface area contributed by atoms with E-state index < -0.39 is 0 Å². The first kappa shape index (κ1) is 19.2. The Morgan fingerprint density at radius 2 is 2.21 bits per heavy atom. The highest BCUT2D eigenvalue weighted by atomic mass is 16.5. The van der Waals surface area contributed by atoms with Crippen molar-refractivity contribution in [2.45, 2.75) is 32.7 Å². The zero-order valence-electron chi connectivity index (χ0n) is 16.7. The lowest BCUT2D eigenvalue weighted by molar-refractivity contribution is -0.125. The number of methoxy groups -OCH3 is 1. The summed E-state index contributed by atoms with van der Waals surface area (Å²) in [6.07, 6.45) is 4.01. The van der Waals surface area contributed by atoms with Crippen LogP contribution in [0.4, 0.5) is 5.82 Å². The third-order valence-electron chi connectivity index (χ3n) is 5.40. The normalized spacial score (nSPS) is 16.8. The lowest BCUT2D eigenvalue weighted by Gasteiger charge is -2.33. The minimum atomic E-state index is -0.103. The minimum Gasteiger partial charge on any atom is -0.496 e. The number of nitrogens with zero attached hydrogens (tertiary/aromatic N) is 4. The van der Waals surface area contributed by atoms with E-state index in [0.717, 1.165) is 54.0 Å². The van der Waals surface area contributed by atoms with Crippen LogP contribution in [0.2, 0.25) is 0 Å². The number of carbonyl (C=O) groups excluding carboxylic acids is 1. The predicted molar refractivity (Wildman–Crippen MR) is 109 cm³/mol. The van der Waals surface area contributed by atoms with Gasteiger partial charge < -0.3 is 19.5 Å². The summed E-state index contributed by atoms with van der Waals surface area (Å²) < 4.78 is 10.7. The number of benzene rings is 1. The van der Waals surface area contributed by atoms with E-state index in [-0.39, 0.29) is 11.8 Å². The van der Waals surface area contributed by atoms with E-state index >= 15 is 0 Å². The number of aromatic nitrogens is 3. The molecular formula is C21H25N5O3. The Morgan fingerprint density at radius 3 is 3.03 bits per heavy atom. The molecule has 1 saturated heterocycles. The van der Waals surface area contributed by atoms with Gasteiger partial charge in [-0.05, 0) is 25.3 Å². The van der Waals surface area contributed by atoms with Crippen molar-refractivity contribution in [1.29, 1.82) is 0 Å². The van der Waals surface area contributed by atoms with Crippen molar-refractivity contribution in [3.8, 4) is 5.75 Å². The molecule has 3 aromatic rings. The van der Waals surface area contributed by atoms with Crippen LogP contribution >= 0.6 is 0 Å². The zero-order valence-corrected chi connectivity index (χ0v) is 16.7. The van der Waals surface area contributed by atoms with Gasteiger partial charge in [0.2, 0.25) is 5.91 Å². The molecule has 1 aliphatic heterocycles. The van der Waals surface area contributed by atoms with Gasteiger partial charge in [0, 0.05) is 25.2 Å². The summed E-state index contributed by atoms with van der Waals surface area (Å²) in [4.78, 5) is 23.7. The highest BCUT2D eigenvalue weighted by Gasteiger charge is 2.28. The fourth-order valence-electron chi connectivity index (χ4n) is 3.87. The average Bonchev–Trinajstić information content (AvgIpc) is 3.21. The van der Waals surface area contributed by atoms with E-state index in [0.29, 0.717) is 18.8 Å². The molecule has 1 aliphatic rings. The summed E-state index contributed by atoms with van der Waals surface area (Å²) in [6.45, 7) is 3.93. The van der Waals surface area contributed by atoms with Gasteiger partial charge in [-0.3, -0.25) is 4.79 Å². The maximum absolute atomic E-state index is 12.8. The maximum atomic E-state index is 12.8. The number of rotatable bonds is 6. The fourth-order valence-corrected chi connectivity index (χ4v) is 3.87. The SMILES string of the molecule is CCc1noc2ncnc(N3CCC[C@@H](C(=O)NCc4ccccc4OC)C3)c12. The molecular weight excluding hydrogens is 370 g/mol. The lowest BCUT2D eigenvalue weighted by Crippen LogP contribution is -2.43. The van der Waals surface area contributed by atoms with Gasteiger partial charge in [-0.2, -0.15) is 4.98 Å². The molecule has 1 aromatic carbocycles. The first-order chi connectivity index (χ1) is 14.2. The van der Waals surface area contributed by atoms with Gasteiger partial charge in [0.05, 0.1) is 18.7 Å². The molecule has 8 heteroatoms. The quantitative estimate of drug-likeness (QED) is 0.686. The van der Waals surface area contributed by atoms with Crippen LogP contribution in [-0.2, 0) is 17.8 Å². The molecule has 29 heavy (non-hydrogen) atoms. The summed E-state index contributed by atoms with van der Waals surface area (Å²) >= 11 is 0. The molecule has 1 atom stereocenters. The summed E-state index contributed by atoms with van der Waals surface area (Å²) in [5.74, 6) is 1.52. The molecule has 1 amide bonds. The molecule has 0 saturated carbocycles. The second-order valence-electron chi connectivity index (χ2n) is 7.18. The average molecular weight is 395 g/mol. The molecule has 4 rings (SSSR count). The molecule has 0 aliphatic carbocycles. The minimum absolute atomic E-state index is 0.0481. The monoisotopic (exact) mass is 395 g/mol. The molecule has 8 nitrogen and oxygen atoms in total. The van der Waals surface area contributed by atoms with Crippen LogP contribution < -0.4 is 15.0 Å². The predicted octanol–water partition coefficient (Wildman–Crippen LogP) is 2.72. The molecule has 2 aromatic heterocycles. The molecule has 0 radical (unpaired) electrons. The van der Waals surface area contributed by atoms with Gasteiger partial charge in [-0.15, -0.1) is 0 Å². The van der Waals surface area contributed by atoms with E-state index in [1.165, 1.54) is 6.33 Å². The Balaban J connectivity index is 1.47. The lowest BCUT2D eigenvalue weighted by atomic mass is 9.96. The first-order valence-corrected chi connectivity index (χ1v) is 9.95. The number of hydrogen-bond acceptors (Lipinski definition) is 7. The van der Waals surface area contributed by atoms with Crippen molar-refractivity contribution in [3.05, 3.63) is 41.9 Å². The number of piperidine rings is 1. The number of nitrogens with one attached hydrogen (secondary N) is 1. The third-order valence-corrected chi connectivity index (χ3v) is 5.40. The van der Waals surface area contributed by atoms with Gasteiger partial charge in [0.25, 0.3) is 5.71 Å². The van der Waals surface area contributed by atoms with Crippen LogP contribution in [0.25, 0.3) is 11.1 Å². The van der Waals surface area contributed by atoms with Crippen molar-refractivity contribution in [2.24, 2.45) is 5.92 Å². The Bertz CT molecular complexity index is 1000. The smallest absolute Gasteiger partial charge is 0.263 e. The maximum Gasteiger partial charge on any atom is 0.263 e. The number of aryl methyl sites for hydroxylation is 1. The van der Waals surface area contributed by atoms with Crippen LogP contribution in [0.15, 0.2) is 35.1 Å². The second kappa shape index (κ2) is 8.46. The van der Waals surface area contributed by atoms with Crippen molar-refractivity contribution >= 4 is 22.8 Å². The van der Waals surface area contributed by atoms with Crippen molar-refractivity contribution in [2.75, 3.05) is 25.1 Å². The highest BCUT2D eigenvalue weighted by molar-refractivity contribution is 5.88. The summed E-state index contributed by atoms with van der Waals surface area (Å²) in [7, 11) is 1.64. The van der Waals surface area contributed by atoms with Crippen molar-refractivity contribution in [1.82, 2.24) is 20.4 Å². The Labute approximate surface area is 169 Å². The highest BCUT2D eigenvalue weighted by Crippen LogP contribution is 2.30. The largest absolute Gasteiger partial charge is 0.496 e. The number of carbonyl (C=O) groups is 1.